The molecule has 1 aliphatic rings. The van der Waals surface area contributed by atoms with Crippen LogP contribution in [0.5, 0.6) is 0 Å². The van der Waals surface area contributed by atoms with Crippen LogP contribution in [0.15, 0.2) is 34.9 Å². The van der Waals surface area contributed by atoms with E-state index < -0.39 is 11.9 Å². The molecule has 6 heteroatoms. The van der Waals surface area contributed by atoms with Crippen molar-refractivity contribution in [3.63, 3.8) is 0 Å². The Bertz CT molecular complexity index is 704. The maximum Gasteiger partial charge on any atom is 0.255 e. The lowest BCUT2D eigenvalue weighted by Gasteiger charge is -2.21. The van der Waals surface area contributed by atoms with E-state index in [2.05, 4.69) is 10.6 Å². The van der Waals surface area contributed by atoms with Gasteiger partial charge in [-0.1, -0.05) is 18.2 Å². The fourth-order valence-corrected chi connectivity index (χ4v) is 2.22. The summed E-state index contributed by atoms with van der Waals surface area (Å²) < 4.78 is 5.29. The molecular formula is C14H12N2O4. The molecule has 2 heterocycles. The van der Waals surface area contributed by atoms with Gasteiger partial charge in [0.2, 0.25) is 11.8 Å². The van der Waals surface area contributed by atoms with Crippen molar-refractivity contribution < 1.29 is 18.8 Å². The van der Waals surface area contributed by atoms with Crippen LogP contribution in [0.25, 0.3) is 11.0 Å². The number of rotatable bonds is 2. The zero-order valence-electron chi connectivity index (χ0n) is 10.5. The van der Waals surface area contributed by atoms with Crippen molar-refractivity contribution in [2.24, 2.45) is 0 Å². The van der Waals surface area contributed by atoms with Gasteiger partial charge in [0, 0.05) is 11.8 Å². The third-order valence-electron chi connectivity index (χ3n) is 3.27. The maximum absolute atomic E-state index is 12.2. The zero-order valence-corrected chi connectivity index (χ0v) is 10.5. The highest BCUT2D eigenvalue weighted by Crippen LogP contribution is 2.20. The third-order valence-corrected chi connectivity index (χ3v) is 3.27. The van der Waals surface area contributed by atoms with Crippen LogP contribution >= 0.6 is 0 Å². The minimum atomic E-state index is -0.686. The lowest BCUT2D eigenvalue weighted by Crippen LogP contribution is -2.52. The number of nitrogens with one attached hydrogen (secondary N) is 2. The van der Waals surface area contributed by atoms with Crippen LogP contribution < -0.4 is 10.6 Å². The maximum atomic E-state index is 12.2. The summed E-state index contributed by atoms with van der Waals surface area (Å²) in [7, 11) is 0. The first-order valence-electron chi connectivity index (χ1n) is 6.26. The summed E-state index contributed by atoms with van der Waals surface area (Å²) in [6.07, 6.45) is 1.90. The second-order valence-corrected chi connectivity index (χ2v) is 4.62. The number of imide groups is 1. The largest absolute Gasteiger partial charge is 0.463 e. The minimum absolute atomic E-state index is 0.225. The second kappa shape index (κ2) is 4.80. The van der Waals surface area contributed by atoms with Crippen molar-refractivity contribution >= 4 is 28.7 Å². The molecule has 0 spiro atoms. The van der Waals surface area contributed by atoms with Gasteiger partial charge in [-0.05, 0) is 12.5 Å². The fraction of sp³-hybridized carbons (Fsp3) is 0.214. The van der Waals surface area contributed by atoms with Crippen molar-refractivity contribution in [1.82, 2.24) is 10.6 Å². The monoisotopic (exact) mass is 272 g/mol. The Morgan fingerprint density at radius 3 is 2.90 bits per heavy atom. The predicted molar refractivity (Wildman–Crippen MR) is 69.9 cm³/mol. The molecule has 1 fully saturated rings. The number of fused-ring (bicyclic) bond motifs is 1. The number of furan rings is 1. The first kappa shape index (κ1) is 12.4. The van der Waals surface area contributed by atoms with Crippen LogP contribution in [0.2, 0.25) is 0 Å². The van der Waals surface area contributed by atoms with Crippen LogP contribution in [-0.2, 0) is 9.59 Å². The van der Waals surface area contributed by atoms with Gasteiger partial charge in [0.15, 0.2) is 0 Å². The molecule has 2 aromatic rings. The van der Waals surface area contributed by atoms with E-state index in [1.54, 1.807) is 18.2 Å². The van der Waals surface area contributed by atoms with Gasteiger partial charge in [-0.25, -0.2) is 0 Å². The van der Waals surface area contributed by atoms with Gasteiger partial charge < -0.3 is 9.73 Å². The molecule has 0 saturated carbocycles. The molecule has 1 aromatic carbocycles. The summed E-state index contributed by atoms with van der Waals surface area (Å²) in [4.78, 5) is 34.8. The lowest BCUT2D eigenvalue weighted by molar-refractivity contribution is -0.134. The summed E-state index contributed by atoms with van der Waals surface area (Å²) in [6.45, 7) is 0. The second-order valence-electron chi connectivity index (χ2n) is 4.62. The number of carbonyl (C=O) groups excluding carboxylic acids is 3. The molecule has 0 bridgehead atoms. The predicted octanol–water partition coefficient (Wildman–Crippen LogP) is 0.968. The summed E-state index contributed by atoms with van der Waals surface area (Å²) in [5.74, 6) is -1.17. The number of carbonyl (C=O) groups is 3. The molecule has 0 radical (unpaired) electrons. The summed E-state index contributed by atoms with van der Waals surface area (Å²) in [6, 6.07) is 6.47. The van der Waals surface area contributed by atoms with E-state index in [9.17, 15) is 14.4 Å². The average Bonchev–Trinajstić information content (AvgIpc) is 2.86. The van der Waals surface area contributed by atoms with Crippen LogP contribution in [0.4, 0.5) is 0 Å². The van der Waals surface area contributed by atoms with Crippen LogP contribution in [-0.4, -0.2) is 23.8 Å². The molecule has 3 amide bonds. The highest BCUT2D eigenvalue weighted by Gasteiger charge is 2.28. The van der Waals surface area contributed by atoms with Gasteiger partial charge in [-0.3, -0.25) is 19.7 Å². The molecule has 1 atom stereocenters. The van der Waals surface area contributed by atoms with E-state index in [0.29, 0.717) is 23.0 Å². The number of amides is 3. The van der Waals surface area contributed by atoms with Crippen molar-refractivity contribution in [3.8, 4) is 0 Å². The van der Waals surface area contributed by atoms with Crippen LogP contribution in [0.3, 0.4) is 0 Å². The summed E-state index contributed by atoms with van der Waals surface area (Å²) in [5.41, 5.74) is 0.992. The van der Waals surface area contributed by atoms with E-state index >= 15 is 0 Å². The van der Waals surface area contributed by atoms with Crippen molar-refractivity contribution in [3.05, 3.63) is 36.1 Å². The van der Waals surface area contributed by atoms with Crippen molar-refractivity contribution in [2.45, 2.75) is 18.9 Å². The molecule has 1 saturated heterocycles. The van der Waals surface area contributed by atoms with Gasteiger partial charge in [0.05, 0.1) is 5.56 Å². The number of piperidine rings is 1. The SMILES string of the molecule is O=C1CC[C@H](NC(=O)c2coc3ccccc23)C(=O)N1. The molecule has 2 N–H and O–H groups in total. The number of hydrogen-bond donors (Lipinski definition) is 2. The number of para-hydroxylation sites is 1. The Morgan fingerprint density at radius 1 is 1.30 bits per heavy atom. The van der Waals surface area contributed by atoms with Gasteiger partial charge in [-0.2, -0.15) is 0 Å². The van der Waals surface area contributed by atoms with E-state index in [4.69, 9.17) is 4.42 Å². The quantitative estimate of drug-likeness (QED) is 0.797. The molecule has 3 rings (SSSR count). The van der Waals surface area contributed by atoms with Crippen LogP contribution in [0.1, 0.15) is 23.2 Å². The van der Waals surface area contributed by atoms with Crippen molar-refractivity contribution in [1.29, 1.82) is 0 Å². The fourth-order valence-electron chi connectivity index (χ4n) is 2.22. The zero-order chi connectivity index (χ0) is 14.1. The molecule has 20 heavy (non-hydrogen) atoms. The van der Waals surface area contributed by atoms with Crippen molar-refractivity contribution in [2.75, 3.05) is 0 Å². The first-order chi connectivity index (χ1) is 9.65. The normalized spacial score (nSPS) is 18.9. The van der Waals surface area contributed by atoms with Gasteiger partial charge >= 0.3 is 0 Å². The van der Waals surface area contributed by atoms with E-state index in [0.717, 1.165) is 0 Å². The van der Waals surface area contributed by atoms with Crippen LogP contribution in [0, 0.1) is 0 Å². The highest BCUT2D eigenvalue weighted by atomic mass is 16.3. The minimum Gasteiger partial charge on any atom is -0.463 e. The topological polar surface area (TPSA) is 88.4 Å². The first-order valence-corrected chi connectivity index (χ1v) is 6.26. The standard InChI is InChI=1S/C14H12N2O4/c17-12-6-5-10(14(19)16-12)15-13(18)9-7-20-11-4-2-1-3-8(9)11/h1-4,7,10H,5-6H2,(H,15,18)(H,16,17,19)/t10-/m0/s1. The summed E-state index contributed by atoms with van der Waals surface area (Å²) in [5, 5.41) is 5.51. The van der Waals surface area contributed by atoms with Gasteiger partial charge in [0.25, 0.3) is 5.91 Å². The highest BCUT2D eigenvalue weighted by molar-refractivity contribution is 6.08. The molecule has 0 aliphatic carbocycles. The Balaban J connectivity index is 1.80. The molecule has 0 unspecified atom stereocenters. The van der Waals surface area contributed by atoms with Gasteiger partial charge in [0.1, 0.15) is 17.9 Å². The lowest BCUT2D eigenvalue weighted by atomic mass is 10.1. The molecule has 1 aromatic heterocycles. The van der Waals surface area contributed by atoms with Gasteiger partial charge in [-0.15, -0.1) is 0 Å². The Kier molecular flexibility index (Phi) is 2.98. The molecule has 6 nitrogen and oxygen atoms in total. The Hall–Kier alpha value is -2.63. The van der Waals surface area contributed by atoms with E-state index in [1.165, 1.54) is 6.26 Å². The summed E-state index contributed by atoms with van der Waals surface area (Å²) >= 11 is 0. The molecule has 102 valence electrons. The van der Waals surface area contributed by atoms with E-state index in [1.807, 2.05) is 6.07 Å². The third kappa shape index (κ3) is 2.16. The Labute approximate surface area is 114 Å². The molecular weight excluding hydrogens is 260 g/mol. The Morgan fingerprint density at radius 2 is 2.10 bits per heavy atom. The molecule has 1 aliphatic heterocycles. The number of benzene rings is 1. The average molecular weight is 272 g/mol. The van der Waals surface area contributed by atoms with E-state index in [-0.39, 0.29) is 18.2 Å². The number of hydrogen-bond acceptors (Lipinski definition) is 4. The smallest absolute Gasteiger partial charge is 0.255 e.